The average Bonchev–Trinajstić information content (AvgIpc) is 2.76. The Labute approximate surface area is 172 Å². The van der Waals surface area contributed by atoms with Crippen molar-refractivity contribution in [3.63, 3.8) is 0 Å². The Hall–Kier alpha value is -0.430. The normalized spacial score (nSPS) is 27.0. The Bertz CT molecular complexity index is 404. The lowest BCUT2D eigenvalue weighted by molar-refractivity contribution is 0.115. The molecule has 0 radical (unpaired) electrons. The summed E-state index contributed by atoms with van der Waals surface area (Å²) in [5, 5.41) is 4.00. The van der Waals surface area contributed by atoms with E-state index in [0.717, 1.165) is 25.2 Å². The second-order valence-electron chi connectivity index (χ2n) is 8.73. The third kappa shape index (κ3) is 6.84. The first-order valence-corrected chi connectivity index (χ1v) is 11.9. The topological polar surface area (TPSA) is 47.8 Å². The van der Waals surface area contributed by atoms with Crippen LogP contribution in [0.1, 0.15) is 64.2 Å². The third-order valence-corrected chi connectivity index (χ3v) is 7.16. The van der Waals surface area contributed by atoms with Gasteiger partial charge in [0.05, 0.1) is 0 Å². The lowest BCUT2D eigenvalue weighted by atomic mass is 10.0. The van der Waals surface area contributed by atoms with Gasteiger partial charge in [0.1, 0.15) is 0 Å². The Morgan fingerprint density at radius 1 is 0.667 bits per heavy atom. The SMILES string of the molecule is C1CCN(C2CCNCC2)CC1.NC(=S)N1CCC(N2CCCCC2)CC1. The summed E-state index contributed by atoms with van der Waals surface area (Å²) in [5.74, 6) is 0. The zero-order chi connectivity index (χ0) is 18.9. The van der Waals surface area contributed by atoms with Crippen LogP contribution in [0.2, 0.25) is 0 Å². The highest BCUT2D eigenvalue weighted by molar-refractivity contribution is 7.80. The maximum absolute atomic E-state index is 5.63. The fourth-order valence-corrected chi connectivity index (χ4v) is 5.37. The number of hydrogen-bond donors (Lipinski definition) is 2. The summed E-state index contributed by atoms with van der Waals surface area (Å²) in [7, 11) is 0. The molecule has 5 nitrogen and oxygen atoms in total. The van der Waals surface area contributed by atoms with Crippen LogP contribution in [0.25, 0.3) is 0 Å². The third-order valence-electron chi connectivity index (χ3n) is 6.90. The monoisotopic (exact) mass is 395 g/mol. The highest BCUT2D eigenvalue weighted by Gasteiger charge is 2.25. The van der Waals surface area contributed by atoms with Gasteiger partial charge in [-0.05, 0) is 103 Å². The van der Waals surface area contributed by atoms with E-state index in [0.29, 0.717) is 5.11 Å². The van der Waals surface area contributed by atoms with Gasteiger partial charge in [0.2, 0.25) is 0 Å². The van der Waals surface area contributed by atoms with Crippen LogP contribution in [0.15, 0.2) is 0 Å². The van der Waals surface area contributed by atoms with Crippen molar-refractivity contribution < 1.29 is 0 Å². The molecule has 0 saturated carbocycles. The lowest BCUT2D eigenvalue weighted by Gasteiger charge is -2.40. The molecule has 156 valence electrons. The molecule has 0 aromatic carbocycles. The quantitative estimate of drug-likeness (QED) is 0.700. The summed E-state index contributed by atoms with van der Waals surface area (Å²) in [6, 6.07) is 1.70. The fourth-order valence-electron chi connectivity index (χ4n) is 5.19. The van der Waals surface area contributed by atoms with Gasteiger partial charge in [-0.15, -0.1) is 0 Å². The van der Waals surface area contributed by atoms with Crippen LogP contribution >= 0.6 is 12.2 Å². The van der Waals surface area contributed by atoms with E-state index in [1.165, 1.54) is 103 Å². The molecule has 0 aromatic heterocycles. The minimum absolute atomic E-state index is 0.576. The minimum Gasteiger partial charge on any atom is -0.376 e. The van der Waals surface area contributed by atoms with Crippen molar-refractivity contribution in [2.75, 3.05) is 52.4 Å². The summed E-state index contributed by atoms with van der Waals surface area (Å²) in [5.41, 5.74) is 5.63. The molecule has 3 N–H and O–H groups in total. The predicted octanol–water partition coefficient (Wildman–Crippen LogP) is 2.40. The summed E-state index contributed by atoms with van der Waals surface area (Å²) in [4.78, 5) is 7.51. The number of piperidine rings is 4. The van der Waals surface area contributed by atoms with E-state index >= 15 is 0 Å². The fraction of sp³-hybridized carbons (Fsp3) is 0.952. The molecular formula is C21H41N5S. The van der Waals surface area contributed by atoms with Gasteiger partial charge in [0.25, 0.3) is 0 Å². The standard InChI is InChI=1S/C11H21N3S.C10H20N2/c12-11(15)14-8-4-10(5-9-14)13-6-2-1-3-7-13;1-2-8-12(9-3-1)10-4-6-11-7-5-10/h10H,1-9H2,(H2,12,15);10-11H,1-9H2. The van der Waals surface area contributed by atoms with E-state index in [1.807, 2.05) is 0 Å². The van der Waals surface area contributed by atoms with Crippen molar-refractivity contribution in [1.29, 1.82) is 0 Å². The summed E-state index contributed by atoms with van der Waals surface area (Å²) in [6.45, 7) is 9.92. The van der Waals surface area contributed by atoms with E-state index in [1.54, 1.807) is 0 Å². The molecule has 0 aliphatic carbocycles. The number of thiocarbonyl (C=S) groups is 1. The molecule has 4 fully saturated rings. The van der Waals surface area contributed by atoms with Crippen LogP contribution in [0.4, 0.5) is 0 Å². The van der Waals surface area contributed by atoms with Crippen molar-refractivity contribution in [3.8, 4) is 0 Å². The van der Waals surface area contributed by atoms with E-state index < -0.39 is 0 Å². The van der Waals surface area contributed by atoms with Gasteiger partial charge in [-0.1, -0.05) is 12.8 Å². The lowest BCUT2D eigenvalue weighted by Crippen LogP contribution is -2.49. The molecule has 4 heterocycles. The number of nitrogens with two attached hydrogens (primary N) is 1. The van der Waals surface area contributed by atoms with Crippen LogP contribution < -0.4 is 11.1 Å². The molecule has 4 aliphatic rings. The van der Waals surface area contributed by atoms with Gasteiger partial charge in [0.15, 0.2) is 5.11 Å². The second-order valence-corrected chi connectivity index (χ2v) is 9.15. The van der Waals surface area contributed by atoms with E-state index in [9.17, 15) is 0 Å². The molecule has 0 atom stereocenters. The first-order chi connectivity index (χ1) is 13.2. The Kier molecular flexibility index (Phi) is 9.10. The van der Waals surface area contributed by atoms with Crippen LogP contribution in [-0.4, -0.2) is 84.3 Å². The van der Waals surface area contributed by atoms with Crippen molar-refractivity contribution in [2.45, 2.75) is 76.3 Å². The zero-order valence-electron chi connectivity index (χ0n) is 17.2. The summed E-state index contributed by atoms with van der Waals surface area (Å²) >= 11 is 5.00. The highest BCUT2D eigenvalue weighted by atomic mass is 32.1. The summed E-state index contributed by atoms with van der Waals surface area (Å²) < 4.78 is 0. The molecule has 6 heteroatoms. The van der Waals surface area contributed by atoms with Gasteiger partial charge in [-0.25, -0.2) is 0 Å². The first kappa shape index (κ1) is 21.3. The predicted molar refractivity (Wildman–Crippen MR) is 118 cm³/mol. The van der Waals surface area contributed by atoms with Crippen LogP contribution in [-0.2, 0) is 0 Å². The molecule has 0 unspecified atom stereocenters. The Balaban J connectivity index is 0.000000159. The largest absolute Gasteiger partial charge is 0.376 e. The summed E-state index contributed by atoms with van der Waals surface area (Å²) in [6.07, 6.45) is 13.7. The van der Waals surface area contributed by atoms with E-state index in [-0.39, 0.29) is 0 Å². The molecule has 4 rings (SSSR count). The maximum atomic E-state index is 5.63. The first-order valence-electron chi connectivity index (χ1n) is 11.5. The number of nitrogens with one attached hydrogen (secondary N) is 1. The van der Waals surface area contributed by atoms with Crippen molar-refractivity contribution in [3.05, 3.63) is 0 Å². The molecule has 0 aromatic rings. The van der Waals surface area contributed by atoms with Crippen LogP contribution in [0.3, 0.4) is 0 Å². The van der Waals surface area contributed by atoms with Crippen molar-refractivity contribution in [1.82, 2.24) is 20.0 Å². The Morgan fingerprint density at radius 3 is 1.56 bits per heavy atom. The number of rotatable bonds is 2. The van der Waals surface area contributed by atoms with Crippen LogP contribution in [0, 0.1) is 0 Å². The second kappa shape index (κ2) is 11.5. The van der Waals surface area contributed by atoms with Crippen LogP contribution in [0.5, 0.6) is 0 Å². The van der Waals surface area contributed by atoms with Gasteiger partial charge in [-0.2, -0.15) is 0 Å². The maximum Gasteiger partial charge on any atom is 0.166 e. The molecule has 0 bridgehead atoms. The van der Waals surface area contributed by atoms with Gasteiger partial charge in [-0.3, -0.25) is 0 Å². The molecule has 27 heavy (non-hydrogen) atoms. The Morgan fingerprint density at radius 2 is 1.11 bits per heavy atom. The van der Waals surface area contributed by atoms with Gasteiger partial charge in [0, 0.05) is 25.2 Å². The molecule has 0 spiro atoms. The zero-order valence-corrected chi connectivity index (χ0v) is 18.0. The smallest absolute Gasteiger partial charge is 0.166 e. The molecule has 0 amide bonds. The van der Waals surface area contributed by atoms with E-state index in [4.69, 9.17) is 18.0 Å². The van der Waals surface area contributed by atoms with Gasteiger partial charge >= 0.3 is 0 Å². The molecule has 4 saturated heterocycles. The number of likely N-dealkylation sites (tertiary alicyclic amines) is 3. The number of hydrogen-bond acceptors (Lipinski definition) is 4. The van der Waals surface area contributed by atoms with Crippen molar-refractivity contribution in [2.24, 2.45) is 5.73 Å². The molecular weight excluding hydrogens is 354 g/mol. The van der Waals surface area contributed by atoms with E-state index in [2.05, 4.69) is 20.0 Å². The number of nitrogens with zero attached hydrogens (tertiary/aromatic N) is 3. The van der Waals surface area contributed by atoms with Gasteiger partial charge < -0.3 is 25.8 Å². The highest BCUT2D eigenvalue weighted by Crippen LogP contribution is 2.20. The van der Waals surface area contributed by atoms with Crippen molar-refractivity contribution >= 4 is 17.3 Å². The minimum atomic E-state index is 0.576. The molecule has 4 aliphatic heterocycles. The average molecular weight is 396 g/mol.